The van der Waals surface area contributed by atoms with E-state index in [9.17, 15) is 4.79 Å². The zero-order chi connectivity index (χ0) is 17.2. The van der Waals surface area contributed by atoms with Gasteiger partial charge in [-0.05, 0) is 63.5 Å². The number of alkyl carbamates (subject to hydrolysis) is 1. The van der Waals surface area contributed by atoms with Crippen LogP contribution in [0.15, 0.2) is 12.1 Å². The molecule has 1 N–H and O–H groups in total. The van der Waals surface area contributed by atoms with Crippen molar-refractivity contribution in [3.63, 3.8) is 0 Å². The molecular formula is C19H32N2O2. The summed E-state index contributed by atoms with van der Waals surface area (Å²) in [4.78, 5) is 14.0. The second kappa shape index (κ2) is 10.3. The van der Waals surface area contributed by atoms with Crippen LogP contribution in [0.2, 0.25) is 0 Å². The number of amides is 1. The molecule has 0 atom stereocenters. The number of benzene rings is 1. The average Bonchev–Trinajstić information content (AvgIpc) is 2.50. The van der Waals surface area contributed by atoms with Gasteiger partial charge < -0.3 is 15.0 Å². The Hall–Kier alpha value is -1.55. The third-order valence-electron chi connectivity index (χ3n) is 4.24. The van der Waals surface area contributed by atoms with Crippen LogP contribution in [-0.2, 0) is 11.2 Å². The summed E-state index contributed by atoms with van der Waals surface area (Å²) in [6.07, 6.45) is 1.41. The summed E-state index contributed by atoms with van der Waals surface area (Å²) in [6.45, 7) is 14.8. The molecule has 0 saturated heterocycles. The number of carbonyl (C=O) groups is 1. The first-order valence-electron chi connectivity index (χ1n) is 8.67. The molecule has 4 heteroatoms. The van der Waals surface area contributed by atoms with Crippen LogP contribution >= 0.6 is 0 Å². The van der Waals surface area contributed by atoms with E-state index in [0.29, 0.717) is 13.2 Å². The quantitative estimate of drug-likeness (QED) is 0.707. The van der Waals surface area contributed by atoms with E-state index in [1.54, 1.807) is 0 Å². The van der Waals surface area contributed by atoms with Crippen molar-refractivity contribution in [1.29, 1.82) is 0 Å². The zero-order valence-electron chi connectivity index (χ0n) is 15.4. The predicted molar refractivity (Wildman–Crippen MR) is 96.1 cm³/mol. The summed E-state index contributed by atoms with van der Waals surface area (Å²) in [5, 5.41) is 2.82. The Balaban J connectivity index is 2.24. The molecule has 0 aliphatic rings. The third-order valence-corrected chi connectivity index (χ3v) is 4.24. The fraction of sp³-hybridized carbons (Fsp3) is 0.632. The van der Waals surface area contributed by atoms with Gasteiger partial charge in [0.25, 0.3) is 0 Å². The van der Waals surface area contributed by atoms with Crippen molar-refractivity contribution in [3.05, 3.63) is 34.4 Å². The van der Waals surface area contributed by atoms with Gasteiger partial charge in [-0.25, -0.2) is 4.79 Å². The molecule has 23 heavy (non-hydrogen) atoms. The number of rotatable bonds is 9. The summed E-state index contributed by atoms with van der Waals surface area (Å²) in [6, 6.07) is 4.35. The SMILES string of the molecule is CCN(CC)CCCNC(=O)OCCc1c(C)cc(C)cc1C. The molecule has 1 aromatic rings. The minimum absolute atomic E-state index is 0.313. The van der Waals surface area contributed by atoms with Gasteiger partial charge in [0, 0.05) is 13.0 Å². The summed E-state index contributed by atoms with van der Waals surface area (Å²) < 4.78 is 5.28. The Labute approximate surface area is 141 Å². The van der Waals surface area contributed by atoms with Crippen molar-refractivity contribution in [2.24, 2.45) is 0 Å². The maximum Gasteiger partial charge on any atom is 0.407 e. The van der Waals surface area contributed by atoms with Crippen molar-refractivity contribution in [1.82, 2.24) is 10.2 Å². The molecule has 1 aromatic carbocycles. The second-order valence-corrected chi connectivity index (χ2v) is 6.07. The van der Waals surface area contributed by atoms with E-state index < -0.39 is 0 Å². The van der Waals surface area contributed by atoms with Crippen LogP contribution in [0.5, 0.6) is 0 Å². The van der Waals surface area contributed by atoms with Gasteiger partial charge in [-0.3, -0.25) is 0 Å². The largest absolute Gasteiger partial charge is 0.449 e. The average molecular weight is 320 g/mol. The molecule has 0 heterocycles. The Morgan fingerprint density at radius 2 is 1.74 bits per heavy atom. The van der Waals surface area contributed by atoms with Crippen LogP contribution < -0.4 is 5.32 Å². The molecule has 4 nitrogen and oxygen atoms in total. The lowest BCUT2D eigenvalue weighted by atomic mass is 9.98. The summed E-state index contributed by atoms with van der Waals surface area (Å²) in [5.41, 5.74) is 5.09. The van der Waals surface area contributed by atoms with Crippen LogP contribution in [0.3, 0.4) is 0 Å². The zero-order valence-corrected chi connectivity index (χ0v) is 15.4. The van der Waals surface area contributed by atoms with Gasteiger partial charge in [-0.15, -0.1) is 0 Å². The number of hydrogen-bond acceptors (Lipinski definition) is 3. The highest BCUT2D eigenvalue weighted by Gasteiger charge is 2.06. The summed E-state index contributed by atoms with van der Waals surface area (Å²) >= 11 is 0. The smallest absolute Gasteiger partial charge is 0.407 e. The highest BCUT2D eigenvalue weighted by molar-refractivity contribution is 5.67. The predicted octanol–water partition coefficient (Wildman–Crippen LogP) is 3.61. The topological polar surface area (TPSA) is 41.6 Å². The van der Waals surface area contributed by atoms with E-state index in [1.165, 1.54) is 22.3 Å². The summed E-state index contributed by atoms with van der Waals surface area (Å²) in [7, 11) is 0. The van der Waals surface area contributed by atoms with E-state index in [-0.39, 0.29) is 6.09 Å². The van der Waals surface area contributed by atoms with Gasteiger partial charge in [-0.2, -0.15) is 0 Å². The van der Waals surface area contributed by atoms with Crippen LogP contribution in [0, 0.1) is 20.8 Å². The van der Waals surface area contributed by atoms with Gasteiger partial charge >= 0.3 is 6.09 Å². The first kappa shape index (κ1) is 19.5. The molecular weight excluding hydrogens is 288 g/mol. The van der Waals surface area contributed by atoms with Crippen molar-refractivity contribution >= 4 is 6.09 Å². The molecule has 0 saturated carbocycles. The molecule has 1 amide bonds. The van der Waals surface area contributed by atoms with Crippen LogP contribution in [0.25, 0.3) is 0 Å². The molecule has 130 valence electrons. The molecule has 1 rings (SSSR count). The molecule has 0 fully saturated rings. The molecule has 0 aromatic heterocycles. The van der Waals surface area contributed by atoms with Gasteiger partial charge in [0.1, 0.15) is 0 Å². The van der Waals surface area contributed by atoms with Gasteiger partial charge in [-0.1, -0.05) is 31.5 Å². The molecule has 0 spiro atoms. The number of ether oxygens (including phenoxy) is 1. The monoisotopic (exact) mass is 320 g/mol. The Morgan fingerprint density at radius 3 is 2.30 bits per heavy atom. The van der Waals surface area contributed by atoms with Crippen LogP contribution in [0.1, 0.15) is 42.5 Å². The highest BCUT2D eigenvalue weighted by atomic mass is 16.5. The van der Waals surface area contributed by atoms with Gasteiger partial charge in [0.2, 0.25) is 0 Å². The van der Waals surface area contributed by atoms with E-state index in [4.69, 9.17) is 4.74 Å². The van der Waals surface area contributed by atoms with Gasteiger partial charge in [0.05, 0.1) is 6.61 Å². The third kappa shape index (κ3) is 7.04. The molecule has 0 aliphatic heterocycles. The fourth-order valence-corrected chi connectivity index (χ4v) is 2.93. The number of carbonyl (C=O) groups excluding carboxylic acids is 1. The minimum atomic E-state index is -0.313. The van der Waals surface area contributed by atoms with Crippen molar-refractivity contribution in [2.45, 2.75) is 47.5 Å². The van der Waals surface area contributed by atoms with Crippen LogP contribution in [-0.4, -0.2) is 43.8 Å². The van der Waals surface area contributed by atoms with Crippen LogP contribution in [0.4, 0.5) is 4.79 Å². The lowest BCUT2D eigenvalue weighted by molar-refractivity contribution is 0.147. The van der Waals surface area contributed by atoms with E-state index in [0.717, 1.165) is 32.5 Å². The standard InChI is InChI=1S/C19H32N2O2/c1-6-21(7-2)11-8-10-20-19(22)23-12-9-18-16(4)13-15(3)14-17(18)5/h13-14H,6-12H2,1-5H3,(H,20,22). The van der Waals surface area contributed by atoms with Crippen molar-refractivity contribution in [2.75, 3.05) is 32.8 Å². The van der Waals surface area contributed by atoms with Crippen molar-refractivity contribution in [3.8, 4) is 0 Å². The number of hydrogen-bond donors (Lipinski definition) is 1. The molecule has 0 unspecified atom stereocenters. The Morgan fingerprint density at radius 1 is 1.13 bits per heavy atom. The number of aryl methyl sites for hydroxylation is 3. The Bertz CT molecular complexity index is 473. The second-order valence-electron chi connectivity index (χ2n) is 6.07. The van der Waals surface area contributed by atoms with E-state index in [2.05, 4.69) is 57.0 Å². The number of nitrogens with one attached hydrogen (secondary N) is 1. The maximum atomic E-state index is 11.7. The highest BCUT2D eigenvalue weighted by Crippen LogP contribution is 2.16. The van der Waals surface area contributed by atoms with E-state index in [1.807, 2.05) is 0 Å². The Kier molecular flexibility index (Phi) is 8.70. The molecule has 0 bridgehead atoms. The first-order valence-corrected chi connectivity index (χ1v) is 8.67. The molecule has 0 radical (unpaired) electrons. The lowest BCUT2D eigenvalue weighted by Gasteiger charge is -2.17. The van der Waals surface area contributed by atoms with Gasteiger partial charge in [0.15, 0.2) is 0 Å². The first-order chi connectivity index (χ1) is 11.0. The molecule has 0 aliphatic carbocycles. The number of nitrogens with zero attached hydrogens (tertiary/aromatic N) is 1. The summed E-state index contributed by atoms with van der Waals surface area (Å²) in [5.74, 6) is 0. The fourth-order valence-electron chi connectivity index (χ4n) is 2.93. The maximum absolute atomic E-state index is 11.7. The normalized spacial score (nSPS) is 10.9. The van der Waals surface area contributed by atoms with Crippen molar-refractivity contribution < 1.29 is 9.53 Å². The minimum Gasteiger partial charge on any atom is -0.449 e. The lowest BCUT2D eigenvalue weighted by Crippen LogP contribution is -2.30. The van der Waals surface area contributed by atoms with E-state index >= 15 is 0 Å².